The number of alkyl halides is 3. The SMILES string of the molecule is Cn1cc(CNc2ccc([N+](=O)[O-])c(C(F)(F)F)c2)c(-c2ccccc2)n1. The van der Waals surface area contributed by atoms with Gasteiger partial charge in [-0.15, -0.1) is 0 Å². The number of aryl methyl sites for hydroxylation is 1. The van der Waals surface area contributed by atoms with E-state index >= 15 is 0 Å². The molecule has 3 rings (SSSR count). The average molecular weight is 376 g/mol. The lowest BCUT2D eigenvalue weighted by Gasteiger charge is -2.11. The van der Waals surface area contributed by atoms with Crippen molar-refractivity contribution >= 4 is 11.4 Å². The molecule has 0 spiro atoms. The highest BCUT2D eigenvalue weighted by Gasteiger charge is 2.38. The summed E-state index contributed by atoms with van der Waals surface area (Å²) in [6.07, 6.45) is -3.05. The fourth-order valence-electron chi connectivity index (χ4n) is 2.74. The molecule has 0 atom stereocenters. The molecule has 0 fully saturated rings. The van der Waals surface area contributed by atoms with E-state index in [1.165, 1.54) is 6.07 Å². The fraction of sp³-hybridized carbons (Fsp3) is 0.167. The van der Waals surface area contributed by atoms with Gasteiger partial charge < -0.3 is 5.32 Å². The van der Waals surface area contributed by atoms with Crippen molar-refractivity contribution in [1.82, 2.24) is 9.78 Å². The Hall–Kier alpha value is -3.36. The van der Waals surface area contributed by atoms with Gasteiger partial charge in [0.2, 0.25) is 0 Å². The summed E-state index contributed by atoms with van der Waals surface area (Å²) in [7, 11) is 1.75. The normalized spacial score (nSPS) is 11.4. The molecule has 0 saturated heterocycles. The van der Waals surface area contributed by atoms with Crippen molar-refractivity contribution in [2.24, 2.45) is 7.05 Å². The van der Waals surface area contributed by atoms with E-state index in [1.807, 2.05) is 30.3 Å². The third-order valence-corrected chi connectivity index (χ3v) is 3.93. The quantitative estimate of drug-likeness (QED) is 0.521. The molecule has 1 heterocycles. The van der Waals surface area contributed by atoms with E-state index in [4.69, 9.17) is 0 Å². The highest BCUT2D eigenvalue weighted by atomic mass is 19.4. The van der Waals surface area contributed by atoms with Crippen LogP contribution in [0.15, 0.2) is 54.7 Å². The first kappa shape index (κ1) is 18.4. The molecular weight excluding hydrogens is 361 g/mol. The zero-order valence-electron chi connectivity index (χ0n) is 14.2. The smallest absolute Gasteiger partial charge is 0.381 e. The van der Waals surface area contributed by atoms with E-state index in [9.17, 15) is 23.3 Å². The Labute approximate surface area is 152 Å². The number of nitrogens with zero attached hydrogens (tertiary/aromatic N) is 3. The molecule has 0 unspecified atom stereocenters. The molecule has 1 N–H and O–H groups in total. The van der Waals surface area contributed by atoms with Crippen molar-refractivity contribution in [2.75, 3.05) is 5.32 Å². The summed E-state index contributed by atoms with van der Waals surface area (Å²) in [4.78, 5) is 9.80. The third-order valence-electron chi connectivity index (χ3n) is 3.93. The second-order valence-electron chi connectivity index (χ2n) is 5.88. The molecule has 0 saturated carbocycles. The highest BCUT2D eigenvalue weighted by molar-refractivity contribution is 5.63. The Bertz CT molecular complexity index is 968. The lowest BCUT2D eigenvalue weighted by Crippen LogP contribution is -2.10. The number of hydrogen-bond donors (Lipinski definition) is 1. The molecule has 0 bridgehead atoms. The lowest BCUT2D eigenvalue weighted by atomic mass is 10.1. The molecule has 1 aromatic heterocycles. The number of nitro benzene ring substituents is 1. The third kappa shape index (κ3) is 4.08. The molecule has 140 valence electrons. The van der Waals surface area contributed by atoms with Crippen LogP contribution in [0, 0.1) is 10.1 Å². The number of rotatable bonds is 5. The monoisotopic (exact) mass is 376 g/mol. The summed E-state index contributed by atoms with van der Waals surface area (Å²) < 4.78 is 40.9. The van der Waals surface area contributed by atoms with Gasteiger partial charge >= 0.3 is 6.18 Å². The fourth-order valence-corrected chi connectivity index (χ4v) is 2.74. The standard InChI is InChI=1S/C18H15F3N4O2/c1-24-11-13(17(23-24)12-5-3-2-4-6-12)10-22-14-7-8-16(25(26)27)15(9-14)18(19,20)21/h2-9,11,22H,10H2,1H3. The minimum absolute atomic E-state index is 0.135. The molecule has 27 heavy (non-hydrogen) atoms. The first-order valence-corrected chi connectivity index (χ1v) is 7.93. The van der Waals surface area contributed by atoms with E-state index < -0.39 is 22.4 Å². The summed E-state index contributed by atoms with van der Waals surface area (Å²) in [5, 5.41) is 18.1. The van der Waals surface area contributed by atoms with Crippen LogP contribution in [-0.2, 0) is 19.8 Å². The van der Waals surface area contributed by atoms with Gasteiger partial charge in [-0.3, -0.25) is 14.8 Å². The van der Waals surface area contributed by atoms with Gasteiger partial charge in [0.15, 0.2) is 0 Å². The number of benzene rings is 2. The maximum atomic E-state index is 13.1. The topological polar surface area (TPSA) is 73.0 Å². The summed E-state index contributed by atoms with van der Waals surface area (Å²) >= 11 is 0. The van der Waals surface area contributed by atoms with Gasteiger partial charge in [0.05, 0.1) is 10.6 Å². The van der Waals surface area contributed by atoms with Crippen molar-refractivity contribution in [3.63, 3.8) is 0 Å². The van der Waals surface area contributed by atoms with E-state index in [2.05, 4.69) is 10.4 Å². The Morgan fingerprint density at radius 1 is 1.19 bits per heavy atom. The second kappa shape index (κ2) is 7.10. The van der Waals surface area contributed by atoms with Crippen molar-refractivity contribution < 1.29 is 18.1 Å². The van der Waals surface area contributed by atoms with Crippen molar-refractivity contribution in [1.29, 1.82) is 0 Å². The molecule has 9 heteroatoms. The van der Waals surface area contributed by atoms with E-state index in [0.29, 0.717) is 5.69 Å². The largest absolute Gasteiger partial charge is 0.423 e. The van der Waals surface area contributed by atoms with Gasteiger partial charge in [-0.2, -0.15) is 18.3 Å². The maximum Gasteiger partial charge on any atom is 0.423 e. The van der Waals surface area contributed by atoms with Crippen molar-refractivity contribution in [3.05, 3.63) is 76.0 Å². The molecule has 3 aromatic rings. The Balaban J connectivity index is 1.87. The molecule has 0 amide bonds. The van der Waals surface area contributed by atoms with E-state index in [0.717, 1.165) is 23.3 Å². The Kier molecular flexibility index (Phi) is 4.85. The van der Waals surface area contributed by atoms with Crippen molar-refractivity contribution in [2.45, 2.75) is 12.7 Å². The summed E-state index contributed by atoms with van der Waals surface area (Å²) in [5.74, 6) is 0. The van der Waals surface area contributed by atoms with Crippen LogP contribution in [0.2, 0.25) is 0 Å². The predicted octanol–water partition coefficient (Wildman–Crippen LogP) is 4.63. The zero-order chi connectivity index (χ0) is 19.6. The van der Waals surface area contributed by atoms with Crippen LogP contribution >= 0.6 is 0 Å². The number of nitro groups is 1. The van der Waals surface area contributed by atoms with E-state index in [-0.39, 0.29) is 12.2 Å². The number of anilines is 1. The van der Waals surface area contributed by atoms with Gasteiger partial charge in [0, 0.05) is 42.7 Å². The Morgan fingerprint density at radius 3 is 2.52 bits per heavy atom. The summed E-state index contributed by atoms with van der Waals surface area (Å²) in [6, 6.07) is 12.2. The molecule has 0 aliphatic carbocycles. The number of halogens is 3. The second-order valence-corrected chi connectivity index (χ2v) is 5.88. The van der Waals surface area contributed by atoms with Gasteiger partial charge in [-0.25, -0.2) is 0 Å². The van der Waals surface area contributed by atoms with Gasteiger partial charge in [-0.05, 0) is 12.1 Å². The van der Waals surface area contributed by atoms with Crippen molar-refractivity contribution in [3.8, 4) is 11.3 Å². The average Bonchev–Trinajstić information content (AvgIpc) is 3.00. The predicted molar refractivity (Wildman–Crippen MR) is 94.1 cm³/mol. The molecule has 0 radical (unpaired) electrons. The lowest BCUT2D eigenvalue weighted by molar-refractivity contribution is -0.388. The minimum atomic E-state index is -4.82. The van der Waals surface area contributed by atoms with Crippen LogP contribution in [0.5, 0.6) is 0 Å². The highest BCUT2D eigenvalue weighted by Crippen LogP contribution is 2.37. The van der Waals surface area contributed by atoms with Crippen LogP contribution < -0.4 is 5.32 Å². The van der Waals surface area contributed by atoms with Crippen LogP contribution in [0.4, 0.5) is 24.5 Å². The molecule has 6 nitrogen and oxygen atoms in total. The van der Waals surface area contributed by atoms with Gasteiger partial charge in [0.25, 0.3) is 5.69 Å². The first-order chi connectivity index (χ1) is 12.8. The molecule has 0 aliphatic rings. The summed E-state index contributed by atoms with van der Waals surface area (Å²) in [5.41, 5.74) is 0.260. The van der Waals surface area contributed by atoms with Crippen LogP contribution in [-0.4, -0.2) is 14.7 Å². The van der Waals surface area contributed by atoms with E-state index in [1.54, 1.807) is 17.9 Å². The zero-order valence-corrected chi connectivity index (χ0v) is 14.2. The minimum Gasteiger partial charge on any atom is -0.381 e. The Morgan fingerprint density at radius 2 is 1.89 bits per heavy atom. The molecule has 0 aliphatic heterocycles. The maximum absolute atomic E-state index is 13.1. The number of nitrogens with one attached hydrogen (secondary N) is 1. The number of hydrogen-bond acceptors (Lipinski definition) is 4. The summed E-state index contributed by atoms with van der Waals surface area (Å²) in [6.45, 7) is 0.215. The number of aromatic nitrogens is 2. The first-order valence-electron chi connectivity index (χ1n) is 7.93. The van der Waals surface area contributed by atoms with Gasteiger partial charge in [-0.1, -0.05) is 30.3 Å². The molecular formula is C18H15F3N4O2. The molecule has 2 aromatic carbocycles. The van der Waals surface area contributed by atoms with Crippen LogP contribution in [0.3, 0.4) is 0 Å². The van der Waals surface area contributed by atoms with Crippen LogP contribution in [0.1, 0.15) is 11.1 Å². The van der Waals surface area contributed by atoms with Crippen LogP contribution in [0.25, 0.3) is 11.3 Å². The van der Waals surface area contributed by atoms with Gasteiger partial charge in [0.1, 0.15) is 5.56 Å².